The zero-order valence-electron chi connectivity index (χ0n) is 12.6. The van der Waals surface area contributed by atoms with Gasteiger partial charge in [0.05, 0.1) is 18.6 Å². The SMILES string of the molecule is CCOC(=O)[C@@H]1CC[C@H](O)C[C@@H]1NC(=O)OC(C)(C)C. The van der Waals surface area contributed by atoms with Crippen LogP contribution < -0.4 is 5.32 Å². The fourth-order valence-electron chi connectivity index (χ4n) is 2.30. The number of nitrogens with one attached hydrogen (secondary N) is 1. The summed E-state index contributed by atoms with van der Waals surface area (Å²) in [6.45, 7) is 7.35. The van der Waals surface area contributed by atoms with E-state index in [4.69, 9.17) is 9.47 Å². The zero-order chi connectivity index (χ0) is 15.3. The molecule has 1 fully saturated rings. The molecule has 0 bridgehead atoms. The largest absolute Gasteiger partial charge is 0.466 e. The number of esters is 1. The molecule has 1 saturated carbocycles. The summed E-state index contributed by atoms with van der Waals surface area (Å²) in [5, 5.41) is 12.4. The van der Waals surface area contributed by atoms with Crippen LogP contribution in [0.2, 0.25) is 0 Å². The van der Waals surface area contributed by atoms with Crippen LogP contribution in [0, 0.1) is 5.92 Å². The molecule has 0 radical (unpaired) electrons. The Morgan fingerprint density at radius 2 is 1.95 bits per heavy atom. The number of hydrogen-bond acceptors (Lipinski definition) is 5. The minimum atomic E-state index is -0.600. The van der Waals surface area contributed by atoms with Crippen LogP contribution in [0.3, 0.4) is 0 Å². The average molecular weight is 287 g/mol. The van der Waals surface area contributed by atoms with Gasteiger partial charge >= 0.3 is 12.1 Å². The third-order valence-electron chi connectivity index (χ3n) is 3.11. The van der Waals surface area contributed by atoms with Gasteiger partial charge in [-0.1, -0.05) is 0 Å². The molecule has 1 amide bonds. The molecule has 6 nitrogen and oxygen atoms in total. The van der Waals surface area contributed by atoms with Gasteiger partial charge in [0.1, 0.15) is 5.60 Å². The summed E-state index contributed by atoms with van der Waals surface area (Å²) < 4.78 is 10.2. The maximum Gasteiger partial charge on any atom is 0.407 e. The second kappa shape index (κ2) is 6.92. The van der Waals surface area contributed by atoms with E-state index in [2.05, 4.69) is 5.32 Å². The van der Waals surface area contributed by atoms with E-state index in [1.807, 2.05) is 0 Å². The Kier molecular flexibility index (Phi) is 5.80. The number of hydrogen-bond donors (Lipinski definition) is 2. The molecular weight excluding hydrogens is 262 g/mol. The van der Waals surface area contributed by atoms with Gasteiger partial charge in [0, 0.05) is 6.04 Å². The predicted octanol–water partition coefficient (Wildman–Crippen LogP) is 1.60. The Bertz CT molecular complexity index is 350. The van der Waals surface area contributed by atoms with E-state index in [1.54, 1.807) is 27.7 Å². The number of rotatable bonds is 3. The highest BCUT2D eigenvalue weighted by molar-refractivity contribution is 5.75. The molecule has 1 rings (SSSR count). The molecule has 0 aromatic carbocycles. The number of aliphatic hydroxyl groups excluding tert-OH is 1. The van der Waals surface area contributed by atoms with Gasteiger partial charge in [-0.3, -0.25) is 4.79 Å². The van der Waals surface area contributed by atoms with Crippen molar-refractivity contribution >= 4 is 12.1 Å². The van der Waals surface area contributed by atoms with Crippen molar-refractivity contribution in [3.8, 4) is 0 Å². The van der Waals surface area contributed by atoms with Gasteiger partial charge in [-0.25, -0.2) is 4.79 Å². The first-order chi connectivity index (χ1) is 9.23. The average Bonchev–Trinajstić information content (AvgIpc) is 2.26. The van der Waals surface area contributed by atoms with Crippen LogP contribution in [-0.2, 0) is 14.3 Å². The van der Waals surface area contributed by atoms with Gasteiger partial charge < -0.3 is 19.9 Å². The quantitative estimate of drug-likeness (QED) is 0.770. The van der Waals surface area contributed by atoms with Crippen LogP contribution in [0.25, 0.3) is 0 Å². The van der Waals surface area contributed by atoms with Crippen LogP contribution in [-0.4, -0.2) is 41.5 Å². The number of amides is 1. The highest BCUT2D eigenvalue weighted by atomic mass is 16.6. The first kappa shape index (κ1) is 16.8. The monoisotopic (exact) mass is 287 g/mol. The fourth-order valence-corrected chi connectivity index (χ4v) is 2.30. The highest BCUT2D eigenvalue weighted by Gasteiger charge is 2.37. The molecule has 3 atom stereocenters. The van der Waals surface area contributed by atoms with Gasteiger partial charge in [0.25, 0.3) is 0 Å². The topological polar surface area (TPSA) is 84.9 Å². The van der Waals surface area contributed by atoms with Crippen molar-refractivity contribution in [2.45, 2.75) is 64.7 Å². The first-order valence-electron chi connectivity index (χ1n) is 7.07. The van der Waals surface area contributed by atoms with Crippen molar-refractivity contribution in [2.75, 3.05) is 6.61 Å². The molecule has 0 unspecified atom stereocenters. The molecular formula is C14H25NO5. The molecule has 20 heavy (non-hydrogen) atoms. The summed E-state index contributed by atoms with van der Waals surface area (Å²) in [7, 11) is 0. The number of carbonyl (C=O) groups excluding carboxylic acids is 2. The number of alkyl carbamates (subject to hydrolysis) is 1. The van der Waals surface area contributed by atoms with Crippen LogP contribution in [0.5, 0.6) is 0 Å². The third-order valence-corrected chi connectivity index (χ3v) is 3.11. The molecule has 1 aliphatic carbocycles. The van der Waals surface area contributed by atoms with Crippen molar-refractivity contribution in [3.63, 3.8) is 0 Å². The summed E-state index contributed by atoms with van der Waals surface area (Å²) >= 11 is 0. The van der Waals surface area contributed by atoms with Gasteiger partial charge in [-0.2, -0.15) is 0 Å². The van der Waals surface area contributed by atoms with Crippen LogP contribution in [0.4, 0.5) is 4.79 Å². The molecule has 0 aliphatic heterocycles. The Morgan fingerprint density at radius 3 is 2.50 bits per heavy atom. The van der Waals surface area contributed by atoms with E-state index in [0.29, 0.717) is 25.9 Å². The number of ether oxygens (including phenoxy) is 2. The van der Waals surface area contributed by atoms with Crippen molar-refractivity contribution in [2.24, 2.45) is 5.92 Å². The lowest BCUT2D eigenvalue weighted by Crippen LogP contribution is -2.49. The van der Waals surface area contributed by atoms with Crippen molar-refractivity contribution in [1.29, 1.82) is 0 Å². The summed E-state index contributed by atoms with van der Waals surface area (Å²) in [5.41, 5.74) is -0.600. The smallest absolute Gasteiger partial charge is 0.407 e. The Balaban J connectivity index is 2.65. The van der Waals surface area contributed by atoms with Crippen molar-refractivity contribution < 1.29 is 24.2 Å². The Hall–Kier alpha value is -1.30. The molecule has 0 aromatic heterocycles. The molecule has 0 spiro atoms. The van der Waals surface area contributed by atoms with Gasteiger partial charge in [-0.15, -0.1) is 0 Å². The zero-order valence-corrected chi connectivity index (χ0v) is 12.6. The first-order valence-corrected chi connectivity index (χ1v) is 7.07. The fraction of sp³-hybridized carbons (Fsp3) is 0.857. The second-order valence-corrected chi connectivity index (χ2v) is 6.08. The standard InChI is InChI=1S/C14H25NO5/c1-5-19-12(17)10-7-6-9(16)8-11(10)15-13(18)20-14(2,3)4/h9-11,16H,5-8H2,1-4H3,(H,15,18)/t9-,10+,11-/m0/s1. The van der Waals surface area contributed by atoms with Crippen LogP contribution in [0.1, 0.15) is 47.0 Å². The number of carbonyl (C=O) groups is 2. The summed E-state index contributed by atoms with van der Waals surface area (Å²) in [6.07, 6.45) is 0.283. The van der Waals surface area contributed by atoms with E-state index in [0.717, 1.165) is 0 Å². The molecule has 0 heterocycles. The van der Waals surface area contributed by atoms with Gasteiger partial charge in [0.2, 0.25) is 0 Å². The lowest BCUT2D eigenvalue weighted by molar-refractivity contribution is -0.150. The van der Waals surface area contributed by atoms with E-state index in [9.17, 15) is 14.7 Å². The normalized spacial score (nSPS) is 26.8. The molecule has 0 saturated heterocycles. The number of aliphatic hydroxyl groups is 1. The molecule has 1 aliphatic rings. The van der Waals surface area contributed by atoms with E-state index in [1.165, 1.54) is 0 Å². The molecule has 6 heteroatoms. The van der Waals surface area contributed by atoms with Crippen molar-refractivity contribution in [1.82, 2.24) is 5.32 Å². The predicted molar refractivity (Wildman–Crippen MR) is 73.1 cm³/mol. The lowest BCUT2D eigenvalue weighted by Gasteiger charge is -2.33. The van der Waals surface area contributed by atoms with E-state index >= 15 is 0 Å². The highest BCUT2D eigenvalue weighted by Crippen LogP contribution is 2.26. The van der Waals surface area contributed by atoms with Gasteiger partial charge in [0.15, 0.2) is 0 Å². The van der Waals surface area contributed by atoms with E-state index in [-0.39, 0.29) is 5.97 Å². The van der Waals surface area contributed by atoms with E-state index < -0.39 is 29.8 Å². The molecule has 116 valence electrons. The third kappa shape index (κ3) is 5.36. The maximum absolute atomic E-state index is 11.9. The molecule has 2 N–H and O–H groups in total. The Morgan fingerprint density at radius 1 is 1.30 bits per heavy atom. The van der Waals surface area contributed by atoms with Crippen LogP contribution >= 0.6 is 0 Å². The van der Waals surface area contributed by atoms with Crippen molar-refractivity contribution in [3.05, 3.63) is 0 Å². The Labute approximate surface area is 119 Å². The minimum Gasteiger partial charge on any atom is -0.466 e. The maximum atomic E-state index is 11.9. The summed E-state index contributed by atoms with van der Waals surface area (Å²) in [5.74, 6) is -0.758. The second-order valence-electron chi connectivity index (χ2n) is 6.08. The summed E-state index contributed by atoms with van der Waals surface area (Å²) in [4.78, 5) is 23.7. The summed E-state index contributed by atoms with van der Waals surface area (Å²) in [6, 6.07) is -0.451. The van der Waals surface area contributed by atoms with Gasteiger partial charge in [-0.05, 0) is 47.0 Å². The van der Waals surface area contributed by atoms with Crippen LogP contribution in [0.15, 0.2) is 0 Å². The lowest BCUT2D eigenvalue weighted by atomic mass is 9.83. The molecule has 0 aromatic rings. The minimum absolute atomic E-state index is 0.303.